The van der Waals surface area contributed by atoms with E-state index in [1.807, 2.05) is 11.4 Å². The number of carbonyl (C=O) groups excluding carboxylic acids is 1. The number of aryl methyl sites for hydroxylation is 1. The molecule has 3 heteroatoms. The summed E-state index contributed by atoms with van der Waals surface area (Å²) in [5.74, 6) is 0. The van der Waals surface area contributed by atoms with Gasteiger partial charge in [0.05, 0.1) is 0 Å². The summed E-state index contributed by atoms with van der Waals surface area (Å²) < 4.78 is 0. The van der Waals surface area contributed by atoms with Crippen molar-refractivity contribution in [3.8, 4) is 0 Å². The van der Waals surface area contributed by atoms with Crippen molar-refractivity contribution in [2.75, 3.05) is 0 Å². The van der Waals surface area contributed by atoms with Gasteiger partial charge in [0.25, 0.3) is 5.24 Å². The summed E-state index contributed by atoms with van der Waals surface area (Å²) in [6.45, 7) is 2.23. The van der Waals surface area contributed by atoms with Crippen molar-refractivity contribution < 1.29 is 4.79 Å². The number of thiophene rings is 1. The lowest BCUT2D eigenvalue weighted by molar-refractivity contribution is 0.108. The van der Waals surface area contributed by atoms with Gasteiger partial charge in [0.2, 0.25) is 0 Å². The molecule has 0 radical (unpaired) electrons. The van der Waals surface area contributed by atoms with Gasteiger partial charge in [-0.15, -0.1) is 11.3 Å². The van der Waals surface area contributed by atoms with Crippen LogP contribution in [-0.2, 0) is 6.42 Å². The van der Waals surface area contributed by atoms with Crippen molar-refractivity contribution >= 4 is 28.2 Å². The van der Waals surface area contributed by atoms with Crippen molar-refractivity contribution in [2.24, 2.45) is 0 Å². The molecule has 1 rings (SSSR count). The number of hydrogen-bond acceptors (Lipinski definition) is 2. The second-order valence-electron chi connectivity index (χ2n) is 4.09. The molecule has 16 heavy (non-hydrogen) atoms. The maximum Gasteiger partial charge on any atom is 0.253 e. The Balaban J connectivity index is 2.14. The van der Waals surface area contributed by atoms with Gasteiger partial charge in [-0.2, -0.15) is 0 Å². The molecule has 0 aliphatic carbocycles. The standard InChI is InChI=1S/C13H19ClOS/c1-2-3-4-5-6-7-8-12-9-11(10-16-12)13(14)15/h9-10H,2-8H2,1H3. The van der Waals surface area contributed by atoms with E-state index < -0.39 is 0 Å². The molecule has 0 atom stereocenters. The van der Waals surface area contributed by atoms with Crippen molar-refractivity contribution in [3.63, 3.8) is 0 Å². The molecule has 0 spiro atoms. The Morgan fingerprint density at radius 2 is 1.94 bits per heavy atom. The zero-order valence-electron chi connectivity index (χ0n) is 9.80. The fourth-order valence-corrected chi connectivity index (χ4v) is 2.78. The van der Waals surface area contributed by atoms with Gasteiger partial charge in [-0.3, -0.25) is 4.79 Å². The van der Waals surface area contributed by atoms with Crippen LogP contribution in [0.4, 0.5) is 0 Å². The lowest BCUT2D eigenvalue weighted by atomic mass is 10.1. The van der Waals surface area contributed by atoms with E-state index in [0.29, 0.717) is 5.56 Å². The fourth-order valence-electron chi connectivity index (χ4n) is 1.69. The summed E-state index contributed by atoms with van der Waals surface area (Å²) >= 11 is 7.04. The number of halogens is 1. The molecule has 0 fully saturated rings. The molecular formula is C13H19ClOS. The zero-order chi connectivity index (χ0) is 11.8. The number of carbonyl (C=O) groups is 1. The molecule has 0 aliphatic heterocycles. The average Bonchev–Trinajstić information content (AvgIpc) is 2.72. The summed E-state index contributed by atoms with van der Waals surface area (Å²) in [5, 5.41) is 1.51. The second-order valence-corrected chi connectivity index (χ2v) is 5.43. The highest BCUT2D eigenvalue weighted by Gasteiger charge is 2.05. The third-order valence-electron chi connectivity index (χ3n) is 2.66. The van der Waals surface area contributed by atoms with Crippen LogP contribution in [0, 0.1) is 0 Å². The quantitative estimate of drug-likeness (QED) is 0.472. The summed E-state index contributed by atoms with van der Waals surface area (Å²) in [5.41, 5.74) is 0.646. The average molecular weight is 259 g/mol. The molecule has 0 aliphatic rings. The van der Waals surface area contributed by atoms with Gasteiger partial charge >= 0.3 is 0 Å². The van der Waals surface area contributed by atoms with Crippen molar-refractivity contribution in [1.29, 1.82) is 0 Å². The van der Waals surface area contributed by atoms with Gasteiger partial charge in [-0.25, -0.2) is 0 Å². The molecule has 0 aromatic carbocycles. The van der Waals surface area contributed by atoms with E-state index in [4.69, 9.17) is 11.6 Å². The SMILES string of the molecule is CCCCCCCCc1cc(C(=O)Cl)cs1. The molecule has 1 heterocycles. The number of rotatable bonds is 8. The minimum absolute atomic E-state index is 0.342. The monoisotopic (exact) mass is 258 g/mol. The Bertz CT molecular complexity index is 319. The molecule has 1 nitrogen and oxygen atoms in total. The number of hydrogen-bond donors (Lipinski definition) is 0. The van der Waals surface area contributed by atoms with Crippen molar-refractivity contribution in [1.82, 2.24) is 0 Å². The van der Waals surface area contributed by atoms with E-state index in [1.165, 1.54) is 43.4 Å². The van der Waals surface area contributed by atoms with Gasteiger partial charge in [0.1, 0.15) is 0 Å². The lowest BCUT2D eigenvalue weighted by Crippen LogP contribution is -1.85. The predicted molar refractivity (Wildman–Crippen MR) is 71.6 cm³/mol. The zero-order valence-corrected chi connectivity index (χ0v) is 11.4. The molecule has 0 N–H and O–H groups in total. The van der Waals surface area contributed by atoms with Crippen LogP contribution >= 0.6 is 22.9 Å². The molecule has 0 saturated carbocycles. The predicted octanol–water partition coefficient (Wildman–Crippen LogP) is 5.03. The van der Waals surface area contributed by atoms with Crippen LogP contribution in [0.3, 0.4) is 0 Å². The largest absolute Gasteiger partial charge is 0.276 e. The number of unbranched alkanes of at least 4 members (excludes halogenated alkanes) is 5. The summed E-state index contributed by atoms with van der Waals surface area (Å²) in [6.07, 6.45) is 8.94. The van der Waals surface area contributed by atoms with E-state index in [9.17, 15) is 4.79 Å². The molecule has 1 aromatic rings. The van der Waals surface area contributed by atoms with Crippen LogP contribution in [0.25, 0.3) is 0 Å². The van der Waals surface area contributed by atoms with Crippen LogP contribution in [0.15, 0.2) is 11.4 Å². The molecule has 0 saturated heterocycles. The second kappa shape index (κ2) is 7.86. The summed E-state index contributed by atoms with van der Waals surface area (Å²) in [6, 6.07) is 1.92. The highest BCUT2D eigenvalue weighted by atomic mass is 35.5. The van der Waals surface area contributed by atoms with Gasteiger partial charge in [0, 0.05) is 15.8 Å². The van der Waals surface area contributed by atoms with Crippen LogP contribution in [0.2, 0.25) is 0 Å². The molecular weight excluding hydrogens is 240 g/mol. The van der Waals surface area contributed by atoms with Crippen molar-refractivity contribution in [2.45, 2.75) is 51.9 Å². The Kier molecular flexibility index (Phi) is 6.74. The minimum Gasteiger partial charge on any atom is -0.276 e. The van der Waals surface area contributed by atoms with Gasteiger partial charge in [0.15, 0.2) is 0 Å². The molecule has 1 aromatic heterocycles. The first kappa shape index (κ1) is 13.7. The van der Waals surface area contributed by atoms with E-state index in [1.54, 1.807) is 11.3 Å². The summed E-state index contributed by atoms with van der Waals surface area (Å²) in [7, 11) is 0. The van der Waals surface area contributed by atoms with Crippen LogP contribution < -0.4 is 0 Å². The molecule has 90 valence electrons. The minimum atomic E-state index is -0.342. The smallest absolute Gasteiger partial charge is 0.253 e. The fraction of sp³-hybridized carbons (Fsp3) is 0.615. The first-order chi connectivity index (χ1) is 7.74. The highest BCUT2D eigenvalue weighted by Crippen LogP contribution is 2.19. The van der Waals surface area contributed by atoms with Gasteiger partial charge < -0.3 is 0 Å². The normalized spacial score (nSPS) is 10.6. The van der Waals surface area contributed by atoms with Crippen LogP contribution in [0.1, 0.15) is 60.7 Å². The first-order valence-electron chi connectivity index (χ1n) is 6.01. The Hall–Kier alpha value is -0.340. The van der Waals surface area contributed by atoms with E-state index in [2.05, 4.69) is 6.92 Å². The maximum absolute atomic E-state index is 10.9. The van der Waals surface area contributed by atoms with E-state index >= 15 is 0 Å². The molecule has 0 amide bonds. The molecule has 0 bridgehead atoms. The highest BCUT2D eigenvalue weighted by molar-refractivity contribution is 7.10. The first-order valence-corrected chi connectivity index (χ1v) is 7.27. The summed E-state index contributed by atoms with van der Waals surface area (Å²) in [4.78, 5) is 12.2. The lowest BCUT2D eigenvalue weighted by Gasteiger charge is -1.98. The third-order valence-corrected chi connectivity index (χ3v) is 3.87. The van der Waals surface area contributed by atoms with Gasteiger partial charge in [-0.1, -0.05) is 39.0 Å². The van der Waals surface area contributed by atoms with Gasteiger partial charge in [-0.05, 0) is 30.5 Å². The van der Waals surface area contributed by atoms with E-state index in [0.717, 1.165) is 6.42 Å². The van der Waals surface area contributed by atoms with Crippen molar-refractivity contribution in [3.05, 3.63) is 21.9 Å². The van der Waals surface area contributed by atoms with Crippen LogP contribution in [-0.4, -0.2) is 5.24 Å². The van der Waals surface area contributed by atoms with E-state index in [-0.39, 0.29) is 5.24 Å². The Morgan fingerprint density at radius 3 is 2.56 bits per heavy atom. The molecule has 0 unspecified atom stereocenters. The third kappa shape index (κ3) is 5.13. The van der Waals surface area contributed by atoms with Crippen LogP contribution in [0.5, 0.6) is 0 Å². The topological polar surface area (TPSA) is 17.1 Å². The Labute approximate surface area is 107 Å². The maximum atomic E-state index is 10.9. The Morgan fingerprint density at radius 1 is 1.25 bits per heavy atom.